The van der Waals surface area contributed by atoms with Gasteiger partial charge in [0.05, 0.1) is 5.69 Å². The highest BCUT2D eigenvalue weighted by Gasteiger charge is 2.13. The Morgan fingerprint density at radius 1 is 1.24 bits per heavy atom. The molecule has 90 valence electrons. The summed E-state index contributed by atoms with van der Waals surface area (Å²) in [6, 6.07) is 7.76. The molecule has 0 atom stereocenters. The Morgan fingerprint density at radius 2 is 1.94 bits per heavy atom. The van der Waals surface area contributed by atoms with E-state index in [-0.39, 0.29) is 5.54 Å². The summed E-state index contributed by atoms with van der Waals surface area (Å²) in [4.78, 5) is 4.55. The van der Waals surface area contributed by atoms with Gasteiger partial charge in [0.25, 0.3) is 0 Å². The number of aromatic nitrogens is 1. The van der Waals surface area contributed by atoms with E-state index in [0.29, 0.717) is 0 Å². The van der Waals surface area contributed by atoms with Crippen LogP contribution in [-0.2, 0) is 0 Å². The Labute approximate surface area is 111 Å². The number of anilines is 1. The van der Waals surface area contributed by atoms with E-state index in [2.05, 4.69) is 31.1 Å². The van der Waals surface area contributed by atoms with Crippen LogP contribution in [0.4, 0.5) is 5.13 Å². The van der Waals surface area contributed by atoms with E-state index < -0.39 is 0 Å². The van der Waals surface area contributed by atoms with Gasteiger partial charge >= 0.3 is 0 Å². The maximum absolute atomic E-state index is 6.15. The molecule has 0 spiro atoms. The standard InChI is InChI=1S/C13H15ClN2S/c1-13(2,3)16-12-15-11(8-17-12)9-6-4-5-7-10(9)14/h4-8H,1-3H3,(H,15,16). The lowest BCUT2D eigenvalue weighted by atomic mass is 10.1. The quantitative estimate of drug-likeness (QED) is 0.854. The molecule has 0 aliphatic heterocycles. The van der Waals surface area contributed by atoms with Crippen LogP contribution in [0.2, 0.25) is 5.02 Å². The van der Waals surface area contributed by atoms with Crippen molar-refractivity contribution in [3.63, 3.8) is 0 Å². The molecule has 0 bridgehead atoms. The van der Waals surface area contributed by atoms with Crippen molar-refractivity contribution >= 4 is 28.1 Å². The van der Waals surface area contributed by atoms with Crippen molar-refractivity contribution in [1.82, 2.24) is 4.98 Å². The molecule has 0 unspecified atom stereocenters. The summed E-state index contributed by atoms with van der Waals surface area (Å²) >= 11 is 7.74. The fourth-order valence-electron chi connectivity index (χ4n) is 1.44. The lowest BCUT2D eigenvalue weighted by Crippen LogP contribution is -2.25. The SMILES string of the molecule is CC(C)(C)Nc1nc(-c2ccccc2Cl)cs1. The van der Waals surface area contributed by atoms with Crippen LogP contribution in [0.1, 0.15) is 20.8 Å². The second kappa shape index (κ2) is 4.67. The van der Waals surface area contributed by atoms with Crippen LogP contribution in [0.3, 0.4) is 0 Å². The fourth-order valence-corrected chi connectivity index (χ4v) is 2.60. The fraction of sp³-hybridized carbons (Fsp3) is 0.308. The molecule has 0 radical (unpaired) electrons. The molecule has 1 heterocycles. The molecular formula is C13H15ClN2S. The van der Waals surface area contributed by atoms with E-state index in [0.717, 1.165) is 21.4 Å². The van der Waals surface area contributed by atoms with Gasteiger partial charge in [-0.1, -0.05) is 29.8 Å². The number of benzene rings is 1. The van der Waals surface area contributed by atoms with Crippen molar-refractivity contribution < 1.29 is 0 Å². The lowest BCUT2D eigenvalue weighted by molar-refractivity contribution is 0.633. The van der Waals surface area contributed by atoms with Gasteiger partial charge in [-0.15, -0.1) is 11.3 Å². The molecular weight excluding hydrogens is 252 g/mol. The molecule has 2 aromatic rings. The summed E-state index contributed by atoms with van der Waals surface area (Å²) in [6.45, 7) is 6.34. The van der Waals surface area contributed by atoms with E-state index in [1.807, 2.05) is 29.6 Å². The van der Waals surface area contributed by atoms with Crippen molar-refractivity contribution in [2.45, 2.75) is 26.3 Å². The zero-order chi connectivity index (χ0) is 12.5. The van der Waals surface area contributed by atoms with Gasteiger partial charge in [0, 0.05) is 21.5 Å². The van der Waals surface area contributed by atoms with E-state index in [1.165, 1.54) is 0 Å². The molecule has 0 fully saturated rings. The molecule has 0 aliphatic carbocycles. The Morgan fingerprint density at radius 3 is 2.59 bits per heavy atom. The van der Waals surface area contributed by atoms with Gasteiger partial charge in [0.15, 0.2) is 5.13 Å². The Bertz CT molecular complexity index is 514. The van der Waals surface area contributed by atoms with Crippen LogP contribution in [0.5, 0.6) is 0 Å². The van der Waals surface area contributed by atoms with Gasteiger partial charge < -0.3 is 5.32 Å². The van der Waals surface area contributed by atoms with Crippen LogP contribution in [-0.4, -0.2) is 10.5 Å². The lowest BCUT2D eigenvalue weighted by Gasteiger charge is -2.19. The summed E-state index contributed by atoms with van der Waals surface area (Å²) in [5.74, 6) is 0. The van der Waals surface area contributed by atoms with Crippen LogP contribution in [0.15, 0.2) is 29.6 Å². The van der Waals surface area contributed by atoms with Crippen LogP contribution in [0.25, 0.3) is 11.3 Å². The third-order valence-electron chi connectivity index (χ3n) is 2.14. The zero-order valence-corrected chi connectivity index (χ0v) is 11.7. The van der Waals surface area contributed by atoms with E-state index in [9.17, 15) is 0 Å². The molecule has 4 heteroatoms. The van der Waals surface area contributed by atoms with Gasteiger partial charge in [0.1, 0.15) is 0 Å². The smallest absolute Gasteiger partial charge is 0.183 e. The Hall–Kier alpha value is -1.06. The van der Waals surface area contributed by atoms with Crippen LogP contribution in [0, 0.1) is 0 Å². The van der Waals surface area contributed by atoms with Gasteiger partial charge in [-0.25, -0.2) is 4.98 Å². The van der Waals surface area contributed by atoms with Gasteiger partial charge in [-0.2, -0.15) is 0 Å². The zero-order valence-electron chi connectivity index (χ0n) is 10.1. The second-order valence-corrected chi connectivity index (χ2v) is 6.16. The largest absolute Gasteiger partial charge is 0.357 e. The number of thiazole rings is 1. The van der Waals surface area contributed by atoms with E-state index >= 15 is 0 Å². The molecule has 1 N–H and O–H groups in total. The molecule has 0 saturated heterocycles. The summed E-state index contributed by atoms with van der Waals surface area (Å²) in [5.41, 5.74) is 1.93. The van der Waals surface area contributed by atoms with Crippen molar-refractivity contribution in [3.05, 3.63) is 34.7 Å². The highest BCUT2D eigenvalue weighted by molar-refractivity contribution is 7.14. The van der Waals surface area contributed by atoms with Gasteiger partial charge in [0.2, 0.25) is 0 Å². The first-order valence-electron chi connectivity index (χ1n) is 5.44. The molecule has 1 aromatic carbocycles. The maximum Gasteiger partial charge on any atom is 0.183 e. The molecule has 0 amide bonds. The summed E-state index contributed by atoms with van der Waals surface area (Å²) in [7, 11) is 0. The third-order valence-corrected chi connectivity index (χ3v) is 3.22. The second-order valence-electron chi connectivity index (χ2n) is 4.89. The monoisotopic (exact) mass is 266 g/mol. The average molecular weight is 267 g/mol. The minimum Gasteiger partial charge on any atom is -0.357 e. The highest BCUT2D eigenvalue weighted by Crippen LogP contribution is 2.31. The number of hydrogen-bond donors (Lipinski definition) is 1. The van der Waals surface area contributed by atoms with Crippen LogP contribution < -0.4 is 5.32 Å². The molecule has 0 saturated carbocycles. The van der Waals surface area contributed by atoms with Gasteiger partial charge in [-0.3, -0.25) is 0 Å². The number of nitrogens with zero attached hydrogens (tertiary/aromatic N) is 1. The normalized spacial score (nSPS) is 11.5. The van der Waals surface area contributed by atoms with Gasteiger partial charge in [-0.05, 0) is 26.8 Å². The summed E-state index contributed by atoms with van der Waals surface area (Å²) in [5, 5.41) is 7.04. The predicted octanol–water partition coefficient (Wildman–Crippen LogP) is 4.67. The number of halogens is 1. The predicted molar refractivity (Wildman–Crippen MR) is 75.9 cm³/mol. The molecule has 17 heavy (non-hydrogen) atoms. The molecule has 1 aromatic heterocycles. The Balaban J connectivity index is 2.28. The summed E-state index contributed by atoms with van der Waals surface area (Å²) < 4.78 is 0. The minimum atomic E-state index is 0.0234. The number of hydrogen-bond acceptors (Lipinski definition) is 3. The highest BCUT2D eigenvalue weighted by atomic mass is 35.5. The average Bonchev–Trinajstić information content (AvgIpc) is 2.64. The first-order valence-corrected chi connectivity index (χ1v) is 6.70. The molecule has 2 nitrogen and oxygen atoms in total. The van der Waals surface area contributed by atoms with Crippen molar-refractivity contribution in [2.24, 2.45) is 0 Å². The van der Waals surface area contributed by atoms with E-state index in [1.54, 1.807) is 11.3 Å². The van der Waals surface area contributed by atoms with Crippen molar-refractivity contribution in [3.8, 4) is 11.3 Å². The van der Waals surface area contributed by atoms with E-state index in [4.69, 9.17) is 11.6 Å². The first-order chi connectivity index (χ1) is 7.96. The van der Waals surface area contributed by atoms with Crippen molar-refractivity contribution in [2.75, 3.05) is 5.32 Å². The number of rotatable bonds is 2. The van der Waals surface area contributed by atoms with Crippen LogP contribution >= 0.6 is 22.9 Å². The molecule has 0 aliphatic rings. The maximum atomic E-state index is 6.15. The number of nitrogens with one attached hydrogen (secondary N) is 1. The Kier molecular flexibility index (Phi) is 3.40. The minimum absolute atomic E-state index is 0.0234. The topological polar surface area (TPSA) is 24.9 Å². The molecule has 2 rings (SSSR count). The van der Waals surface area contributed by atoms with Crippen molar-refractivity contribution in [1.29, 1.82) is 0 Å². The first kappa shape index (κ1) is 12.4. The summed E-state index contributed by atoms with van der Waals surface area (Å²) in [6.07, 6.45) is 0. The third kappa shape index (κ3) is 3.20.